The van der Waals surface area contributed by atoms with Gasteiger partial charge in [-0.2, -0.15) is 12.6 Å². The molecule has 0 saturated heterocycles. The van der Waals surface area contributed by atoms with Crippen LogP contribution in [0, 0.1) is 0 Å². The van der Waals surface area contributed by atoms with Gasteiger partial charge in [-0.05, 0) is 18.6 Å². The van der Waals surface area contributed by atoms with E-state index in [4.69, 9.17) is 4.43 Å². The van der Waals surface area contributed by atoms with Crippen LogP contribution in [0.2, 0.25) is 0 Å². The molecule has 0 aromatic carbocycles. The van der Waals surface area contributed by atoms with Gasteiger partial charge in [-0.25, -0.2) is 0 Å². The molecule has 0 atom stereocenters. The molecular formula is C4H12OSSi. The van der Waals surface area contributed by atoms with Crippen LogP contribution >= 0.6 is 12.6 Å². The lowest BCUT2D eigenvalue weighted by Crippen LogP contribution is -1.88. The van der Waals surface area contributed by atoms with E-state index in [1.165, 1.54) is 12.8 Å². The van der Waals surface area contributed by atoms with Crippen molar-refractivity contribution in [3.05, 3.63) is 0 Å². The second kappa shape index (κ2) is 6.53. The summed E-state index contributed by atoms with van der Waals surface area (Å²) in [6, 6.07) is 0. The number of rotatable bonds is 4. The van der Waals surface area contributed by atoms with Crippen LogP contribution in [0.1, 0.15) is 12.8 Å². The lowest BCUT2D eigenvalue weighted by atomic mass is 10.4. The summed E-state index contributed by atoms with van der Waals surface area (Å²) in [6.07, 6.45) is 2.36. The van der Waals surface area contributed by atoms with Gasteiger partial charge in [0.1, 0.15) is 10.5 Å². The van der Waals surface area contributed by atoms with Crippen LogP contribution in [-0.4, -0.2) is 22.8 Å². The Morgan fingerprint density at radius 2 is 2.14 bits per heavy atom. The van der Waals surface area contributed by atoms with Gasteiger partial charge in [0.2, 0.25) is 0 Å². The first-order valence-electron chi connectivity index (χ1n) is 2.51. The Bertz CT molecular complexity index is 30.9. The molecule has 0 rings (SSSR count). The maximum atomic E-state index is 4.95. The molecule has 0 amide bonds. The molecule has 0 aliphatic heterocycles. The highest BCUT2D eigenvalue weighted by atomic mass is 32.1. The van der Waals surface area contributed by atoms with Crippen molar-refractivity contribution in [3.63, 3.8) is 0 Å². The number of hydrogen-bond acceptors (Lipinski definition) is 2. The predicted molar refractivity (Wildman–Crippen MR) is 39.0 cm³/mol. The fraction of sp³-hybridized carbons (Fsp3) is 1.00. The molecular weight excluding hydrogens is 124 g/mol. The molecule has 0 radical (unpaired) electrons. The average Bonchev–Trinajstić information content (AvgIpc) is 1.69. The summed E-state index contributed by atoms with van der Waals surface area (Å²) in [7, 11) is 0.881. The van der Waals surface area contributed by atoms with E-state index in [0.717, 1.165) is 22.8 Å². The van der Waals surface area contributed by atoms with Gasteiger partial charge in [0.15, 0.2) is 0 Å². The third-order valence-corrected chi connectivity index (χ3v) is 1.48. The molecule has 0 N–H and O–H groups in total. The fourth-order valence-corrected chi connectivity index (χ4v) is 0.870. The number of thiol groups is 1. The van der Waals surface area contributed by atoms with E-state index in [-0.39, 0.29) is 0 Å². The van der Waals surface area contributed by atoms with Crippen molar-refractivity contribution in [1.29, 1.82) is 0 Å². The third kappa shape index (κ3) is 6.53. The molecule has 0 aromatic heterocycles. The van der Waals surface area contributed by atoms with Gasteiger partial charge in [-0.1, -0.05) is 0 Å². The Hall–Kier alpha value is 0.527. The highest BCUT2D eigenvalue weighted by Crippen LogP contribution is 1.89. The molecule has 0 saturated carbocycles. The molecule has 1 nitrogen and oxygen atoms in total. The van der Waals surface area contributed by atoms with E-state index < -0.39 is 0 Å². The quantitative estimate of drug-likeness (QED) is 0.325. The minimum absolute atomic E-state index is 0.881. The summed E-state index contributed by atoms with van der Waals surface area (Å²) in [4.78, 5) is 0. The maximum absolute atomic E-state index is 4.95. The molecule has 0 heterocycles. The van der Waals surface area contributed by atoms with Gasteiger partial charge in [-0.15, -0.1) is 0 Å². The van der Waals surface area contributed by atoms with E-state index in [2.05, 4.69) is 12.6 Å². The lowest BCUT2D eigenvalue weighted by molar-refractivity contribution is 0.340. The second-order valence-electron chi connectivity index (χ2n) is 1.42. The Morgan fingerprint density at radius 1 is 1.43 bits per heavy atom. The van der Waals surface area contributed by atoms with Gasteiger partial charge < -0.3 is 4.43 Å². The Balaban J connectivity index is 2.45. The van der Waals surface area contributed by atoms with Gasteiger partial charge in [-0.3, -0.25) is 0 Å². The third-order valence-electron chi connectivity index (χ3n) is 0.757. The van der Waals surface area contributed by atoms with Crippen molar-refractivity contribution in [2.45, 2.75) is 12.8 Å². The summed E-state index contributed by atoms with van der Waals surface area (Å²) in [6.45, 7) is 0.937. The highest BCUT2D eigenvalue weighted by Gasteiger charge is 1.79. The van der Waals surface area contributed by atoms with Crippen LogP contribution in [0.3, 0.4) is 0 Å². The van der Waals surface area contributed by atoms with Crippen molar-refractivity contribution < 1.29 is 4.43 Å². The van der Waals surface area contributed by atoms with E-state index in [0.29, 0.717) is 0 Å². The summed E-state index contributed by atoms with van der Waals surface area (Å²) >= 11 is 4.05. The molecule has 0 spiro atoms. The normalized spacial score (nSPS) is 9.86. The first-order valence-corrected chi connectivity index (χ1v) is 3.96. The summed E-state index contributed by atoms with van der Waals surface area (Å²) < 4.78 is 4.95. The minimum Gasteiger partial charge on any atom is -0.428 e. The predicted octanol–water partition coefficient (Wildman–Crippen LogP) is -0.00660. The smallest absolute Gasteiger partial charge is 0.145 e. The van der Waals surface area contributed by atoms with E-state index in [9.17, 15) is 0 Å². The maximum Gasteiger partial charge on any atom is 0.145 e. The minimum atomic E-state index is 0.881. The van der Waals surface area contributed by atoms with Crippen molar-refractivity contribution in [1.82, 2.24) is 0 Å². The molecule has 0 aromatic rings. The molecule has 0 aliphatic carbocycles. The molecule has 7 heavy (non-hydrogen) atoms. The zero-order valence-electron chi connectivity index (χ0n) is 4.68. The monoisotopic (exact) mass is 136 g/mol. The Kier molecular flexibility index (Phi) is 7.02. The lowest BCUT2D eigenvalue weighted by Gasteiger charge is -1.93. The zero-order chi connectivity index (χ0) is 5.54. The van der Waals surface area contributed by atoms with Crippen LogP contribution in [0.5, 0.6) is 0 Å². The second-order valence-corrected chi connectivity index (χ2v) is 2.45. The molecule has 0 bridgehead atoms. The standard InChI is InChI=1S/C4H12OSSi/c6-4-2-1-3-5-7/h6H,1-4H2,7H3. The van der Waals surface area contributed by atoms with Crippen LogP contribution in [-0.2, 0) is 4.43 Å². The van der Waals surface area contributed by atoms with Crippen LogP contribution in [0.25, 0.3) is 0 Å². The Morgan fingerprint density at radius 3 is 2.57 bits per heavy atom. The van der Waals surface area contributed by atoms with E-state index in [1.807, 2.05) is 0 Å². The molecule has 0 fully saturated rings. The van der Waals surface area contributed by atoms with E-state index >= 15 is 0 Å². The summed E-state index contributed by atoms with van der Waals surface area (Å²) in [5.74, 6) is 0.991. The molecule has 3 heteroatoms. The van der Waals surface area contributed by atoms with Crippen LogP contribution in [0.4, 0.5) is 0 Å². The molecule has 44 valence electrons. The van der Waals surface area contributed by atoms with Crippen molar-refractivity contribution in [3.8, 4) is 0 Å². The van der Waals surface area contributed by atoms with Crippen molar-refractivity contribution >= 4 is 23.1 Å². The first kappa shape index (κ1) is 7.53. The summed E-state index contributed by atoms with van der Waals surface area (Å²) in [5.41, 5.74) is 0. The van der Waals surface area contributed by atoms with Crippen molar-refractivity contribution in [2.24, 2.45) is 0 Å². The molecule has 0 unspecified atom stereocenters. The first-order chi connectivity index (χ1) is 3.41. The van der Waals surface area contributed by atoms with Gasteiger partial charge >= 0.3 is 0 Å². The number of hydrogen-bond donors (Lipinski definition) is 1. The van der Waals surface area contributed by atoms with E-state index in [1.54, 1.807) is 0 Å². The summed E-state index contributed by atoms with van der Waals surface area (Å²) in [5, 5.41) is 0. The number of unbranched alkanes of at least 4 members (excludes halogenated alkanes) is 1. The fourth-order valence-electron chi connectivity index (χ4n) is 0.358. The average molecular weight is 136 g/mol. The van der Waals surface area contributed by atoms with Crippen LogP contribution in [0.15, 0.2) is 0 Å². The topological polar surface area (TPSA) is 9.23 Å². The largest absolute Gasteiger partial charge is 0.428 e. The van der Waals surface area contributed by atoms with Gasteiger partial charge in [0.25, 0.3) is 0 Å². The van der Waals surface area contributed by atoms with Gasteiger partial charge in [0, 0.05) is 6.61 Å². The highest BCUT2D eigenvalue weighted by molar-refractivity contribution is 7.80. The van der Waals surface area contributed by atoms with Gasteiger partial charge in [0.05, 0.1) is 0 Å². The Labute approximate surface area is 53.4 Å². The van der Waals surface area contributed by atoms with Crippen molar-refractivity contribution in [2.75, 3.05) is 12.4 Å². The molecule has 0 aliphatic rings. The van der Waals surface area contributed by atoms with Crippen LogP contribution < -0.4 is 0 Å². The SMILES string of the molecule is [SiH3]OCCCCS. The zero-order valence-corrected chi connectivity index (χ0v) is 7.58.